The molecule has 0 spiro atoms. The monoisotopic (exact) mass is 155 g/mol. The molecule has 0 fully saturated rings. The minimum Gasteiger partial charge on any atom is -0.396 e. The van der Waals surface area contributed by atoms with Crippen LogP contribution in [0.3, 0.4) is 0 Å². The summed E-state index contributed by atoms with van der Waals surface area (Å²) in [6, 6.07) is 2.95. The Labute approximate surface area is 64.7 Å². The van der Waals surface area contributed by atoms with Gasteiger partial charge in [-0.3, -0.25) is 0 Å². The summed E-state index contributed by atoms with van der Waals surface area (Å²) in [6.45, 7) is 1.81. The maximum atomic E-state index is 12.4. The van der Waals surface area contributed by atoms with Crippen molar-refractivity contribution in [1.29, 1.82) is 0 Å². The quantitative estimate of drug-likeness (QED) is 0.648. The summed E-state index contributed by atoms with van der Waals surface area (Å²) in [5.41, 5.74) is 1.55. The minimum absolute atomic E-state index is 0.0775. The number of halogens is 1. The molecule has 0 unspecified atom stereocenters. The number of aromatic nitrogens is 1. The molecule has 0 amide bonds. The molecule has 0 aliphatic carbocycles. The second-order valence-electron chi connectivity index (χ2n) is 2.35. The van der Waals surface area contributed by atoms with Crippen LogP contribution in [0.15, 0.2) is 12.1 Å². The SMILES string of the molecule is Cc1nc(F)ccc1CCO. The van der Waals surface area contributed by atoms with Gasteiger partial charge < -0.3 is 5.11 Å². The third-order valence-electron chi connectivity index (χ3n) is 1.54. The van der Waals surface area contributed by atoms with Gasteiger partial charge in [0.05, 0.1) is 0 Å². The Hall–Kier alpha value is -0.960. The zero-order valence-corrected chi connectivity index (χ0v) is 6.34. The summed E-state index contributed by atoms with van der Waals surface area (Å²) in [6.07, 6.45) is 0.541. The van der Waals surface area contributed by atoms with E-state index in [9.17, 15) is 4.39 Å². The van der Waals surface area contributed by atoms with Crippen molar-refractivity contribution >= 4 is 0 Å². The molecule has 0 saturated heterocycles. The molecule has 0 aliphatic rings. The van der Waals surface area contributed by atoms with Gasteiger partial charge in [-0.2, -0.15) is 4.39 Å². The van der Waals surface area contributed by atoms with E-state index in [-0.39, 0.29) is 6.61 Å². The minimum atomic E-state index is -0.468. The zero-order valence-electron chi connectivity index (χ0n) is 6.34. The van der Waals surface area contributed by atoms with Gasteiger partial charge in [-0.25, -0.2) is 4.98 Å². The van der Waals surface area contributed by atoms with Crippen LogP contribution in [0.5, 0.6) is 0 Å². The molecule has 2 nitrogen and oxygen atoms in total. The Kier molecular flexibility index (Phi) is 2.54. The second-order valence-corrected chi connectivity index (χ2v) is 2.35. The lowest BCUT2D eigenvalue weighted by Gasteiger charge is -2.01. The number of aryl methyl sites for hydroxylation is 1. The molecule has 0 aliphatic heterocycles. The third-order valence-corrected chi connectivity index (χ3v) is 1.54. The van der Waals surface area contributed by atoms with E-state index >= 15 is 0 Å². The predicted octanol–water partition coefficient (Wildman–Crippen LogP) is 1.06. The molecule has 1 heterocycles. The van der Waals surface area contributed by atoms with E-state index in [0.717, 1.165) is 5.56 Å². The average Bonchev–Trinajstić information content (AvgIpc) is 1.95. The van der Waals surface area contributed by atoms with E-state index in [1.807, 2.05) is 0 Å². The van der Waals surface area contributed by atoms with Gasteiger partial charge in [0.1, 0.15) is 0 Å². The van der Waals surface area contributed by atoms with E-state index in [1.54, 1.807) is 13.0 Å². The zero-order chi connectivity index (χ0) is 8.27. The van der Waals surface area contributed by atoms with Gasteiger partial charge in [-0.1, -0.05) is 6.07 Å². The summed E-state index contributed by atoms with van der Waals surface area (Å²) in [5, 5.41) is 8.59. The van der Waals surface area contributed by atoms with Crippen LogP contribution in [0.4, 0.5) is 4.39 Å². The van der Waals surface area contributed by atoms with E-state index in [2.05, 4.69) is 4.98 Å². The van der Waals surface area contributed by atoms with Gasteiger partial charge in [0.25, 0.3) is 0 Å². The first-order valence-corrected chi connectivity index (χ1v) is 3.47. The predicted molar refractivity (Wildman–Crippen MR) is 39.7 cm³/mol. The number of hydrogen-bond acceptors (Lipinski definition) is 2. The van der Waals surface area contributed by atoms with Crippen LogP contribution in [-0.2, 0) is 6.42 Å². The van der Waals surface area contributed by atoms with Crippen molar-refractivity contribution in [2.45, 2.75) is 13.3 Å². The standard InChI is InChI=1S/C8H10FNO/c1-6-7(4-5-11)2-3-8(9)10-6/h2-3,11H,4-5H2,1H3. The van der Waals surface area contributed by atoms with Crippen molar-refractivity contribution in [3.05, 3.63) is 29.3 Å². The third kappa shape index (κ3) is 1.98. The number of pyridine rings is 1. The van der Waals surface area contributed by atoms with Crippen LogP contribution in [-0.4, -0.2) is 16.7 Å². The number of nitrogens with zero attached hydrogens (tertiary/aromatic N) is 1. The summed E-state index contributed by atoms with van der Waals surface area (Å²) >= 11 is 0. The maximum absolute atomic E-state index is 12.4. The van der Waals surface area contributed by atoms with Crippen LogP contribution in [0.25, 0.3) is 0 Å². The van der Waals surface area contributed by atoms with Gasteiger partial charge in [0.2, 0.25) is 5.95 Å². The lowest BCUT2D eigenvalue weighted by Crippen LogP contribution is -1.97. The topological polar surface area (TPSA) is 33.1 Å². The maximum Gasteiger partial charge on any atom is 0.213 e. The van der Waals surface area contributed by atoms with Crippen molar-refractivity contribution < 1.29 is 9.50 Å². The number of rotatable bonds is 2. The van der Waals surface area contributed by atoms with Crippen LogP contribution in [0.2, 0.25) is 0 Å². The molecule has 1 aromatic heterocycles. The number of aliphatic hydroxyl groups excluding tert-OH is 1. The molecule has 60 valence electrons. The van der Waals surface area contributed by atoms with Crippen LogP contribution in [0, 0.1) is 12.9 Å². The first kappa shape index (κ1) is 8.14. The summed E-state index contributed by atoms with van der Waals surface area (Å²) in [4.78, 5) is 3.61. The highest BCUT2D eigenvalue weighted by molar-refractivity contribution is 5.18. The molecular formula is C8H10FNO. The normalized spacial score (nSPS) is 10.1. The fourth-order valence-corrected chi connectivity index (χ4v) is 0.944. The summed E-state index contributed by atoms with van der Waals surface area (Å²) < 4.78 is 12.4. The molecule has 3 heteroatoms. The summed E-state index contributed by atoms with van der Waals surface area (Å²) in [5.74, 6) is -0.468. The molecule has 0 bridgehead atoms. The Balaban J connectivity index is 2.90. The Morgan fingerprint density at radius 2 is 2.27 bits per heavy atom. The smallest absolute Gasteiger partial charge is 0.213 e. The van der Waals surface area contributed by atoms with Crippen LogP contribution < -0.4 is 0 Å². The highest BCUT2D eigenvalue weighted by Crippen LogP contribution is 2.05. The Morgan fingerprint density at radius 3 is 2.82 bits per heavy atom. The molecular weight excluding hydrogens is 145 g/mol. The van der Waals surface area contributed by atoms with E-state index < -0.39 is 5.95 Å². The highest BCUT2D eigenvalue weighted by atomic mass is 19.1. The number of aliphatic hydroxyl groups is 1. The van der Waals surface area contributed by atoms with Gasteiger partial charge >= 0.3 is 0 Å². The molecule has 11 heavy (non-hydrogen) atoms. The highest BCUT2D eigenvalue weighted by Gasteiger charge is 1.99. The van der Waals surface area contributed by atoms with Crippen LogP contribution in [0.1, 0.15) is 11.3 Å². The molecule has 0 saturated carbocycles. The molecule has 1 aromatic rings. The Bertz CT molecular complexity index is 250. The van der Waals surface area contributed by atoms with Gasteiger partial charge in [-0.05, 0) is 25.0 Å². The van der Waals surface area contributed by atoms with Gasteiger partial charge in [-0.15, -0.1) is 0 Å². The first-order chi connectivity index (χ1) is 5.24. The van der Waals surface area contributed by atoms with Crippen molar-refractivity contribution in [3.8, 4) is 0 Å². The molecule has 1 rings (SSSR count). The fraction of sp³-hybridized carbons (Fsp3) is 0.375. The lowest BCUT2D eigenvalue weighted by atomic mass is 10.1. The Morgan fingerprint density at radius 1 is 1.55 bits per heavy atom. The number of hydrogen-bond donors (Lipinski definition) is 1. The van der Waals surface area contributed by atoms with Crippen molar-refractivity contribution in [2.24, 2.45) is 0 Å². The summed E-state index contributed by atoms with van der Waals surface area (Å²) in [7, 11) is 0. The molecule has 0 atom stereocenters. The van der Waals surface area contributed by atoms with Crippen molar-refractivity contribution in [2.75, 3.05) is 6.61 Å². The van der Waals surface area contributed by atoms with E-state index in [4.69, 9.17) is 5.11 Å². The van der Waals surface area contributed by atoms with Crippen molar-refractivity contribution in [3.63, 3.8) is 0 Å². The molecule has 0 aromatic carbocycles. The largest absolute Gasteiger partial charge is 0.396 e. The van der Waals surface area contributed by atoms with E-state index in [1.165, 1.54) is 6.07 Å². The lowest BCUT2D eigenvalue weighted by molar-refractivity contribution is 0.299. The van der Waals surface area contributed by atoms with E-state index in [0.29, 0.717) is 12.1 Å². The molecule has 1 N–H and O–H groups in total. The van der Waals surface area contributed by atoms with Crippen LogP contribution >= 0.6 is 0 Å². The molecule has 0 radical (unpaired) electrons. The first-order valence-electron chi connectivity index (χ1n) is 3.47. The fourth-order valence-electron chi connectivity index (χ4n) is 0.944. The van der Waals surface area contributed by atoms with Gasteiger partial charge in [0, 0.05) is 12.3 Å². The van der Waals surface area contributed by atoms with Gasteiger partial charge in [0.15, 0.2) is 0 Å². The average molecular weight is 155 g/mol. The van der Waals surface area contributed by atoms with Crippen molar-refractivity contribution in [1.82, 2.24) is 4.98 Å². The second kappa shape index (κ2) is 3.44.